The van der Waals surface area contributed by atoms with Gasteiger partial charge in [0.15, 0.2) is 0 Å². The summed E-state index contributed by atoms with van der Waals surface area (Å²) in [5, 5.41) is 21.3. The van der Waals surface area contributed by atoms with Crippen LogP contribution in [0.5, 0.6) is 0 Å². The van der Waals surface area contributed by atoms with Crippen LogP contribution in [0.1, 0.15) is 21.6 Å². The molecule has 1 aromatic carbocycles. The van der Waals surface area contributed by atoms with Crippen molar-refractivity contribution in [2.45, 2.75) is 6.92 Å². The van der Waals surface area contributed by atoms with Gasteiger partial charge in [-0.2, -0.15) is 9.64 Å². The molecule has 0 fully saturated rings. The first kappa shape index (κ1) is 12.1. The Labute approximate surface area is 107 Å². The molecule has 5 nitrogen and oxygen atoms in total. The number of benzene rings is 1. The Bertz CT molecular complexity index is 643. The van der Waals surface area contributed by atoms with E-state index in [-0.39, 0.29) is 5.56 Å². The van der Waals surface area contributed by atoms with Crippen LogP contribution in [-0.4, -0.2) is 15.4 Å². The van der Waals surface area contributed by atoms with E-state index in [2.05, 4.69) is 9.69 Å². The van der Waals surface area contributed by atoms with Gasteiger partial charge in [0.2, 0.25) is 0 Å². The third-order valence-electron chi connectivity index (χ3n) is 2.33. The van der Waals surface area contributed by atoms with Gasteiger partial charge in [-0.3, -0.25) is 0 Å². The van der Waals surface area contributed by atoms with E-state index in [9.17, 15) is 4.79 Å². The first-order valence-corrected chi connectivity index (χ1v) is 5.86. The molecule has 2 aromatic rings. The third-order valence-corrected chi connectivity index (χ3v) is 3.18. The van der Waals surface area contributed by atoms with E-state index >= 15 is 0 Å². The summed E-state index contributed by atoms with van der Waals surface area (Å²) < 4.78 is 4.01. The van der Waals surface area contributed by atoms with Crippen LogP contribution in [0.3, 0.4) is 0 Å². The van der Waals surface area contributed by atoms with Crippen LogP contribution in [-0.2, 0) is 0 Å². The van der Waals surface area contributed by atoms with E-state index in [0.29, 0.717) is 21.9 Å². The minimum Gasteiger partial charge on any atom is -0.478 e. The van der Waals surface area contributed by atoms with Gasteiger partial charge in [0.05, 0.1) is 17.3 Å². The lowest BCUT2D eigenvalue weighted by molar-refractivity contribution is 0.0697. The molecule has 18 heavy (non-hydrogen) atoms. The first-order valence-electron chi connectivity index (χ1n) is 5.08. The number of carbonyl (C=O) groups is 1. The van der Waals surface area contributed by atoms with Gasteiger partial charge in [-0.1, -0.05) is 6.07 Å². The molecule has 1 heterocycles. The van der Waals surface area contributed by atoms with Crippen LogP contribution in [0, 0.1) is 18.3 Å². The van der Waals surface area contributed by atoms with Crippen LogP contribution < -0.4 is 5.32 Å². The molecule has 0 amide bonds. The highest BCUT2D eigenvalue weighted by Gasteiger charge is 2.17. The Hall–Kier alpha value is -2.39. The van der Waals surface area contributed by atoms with Crippen molar-refractivity contribution in [2.24, 2.45) is 0 Å². The van der Waals surface area contributed by atoms with Gasteiger partial charge in [0.25, 0.3) is 0 Å². The van der Waals surface area contributed by atoms with Crippen LogP contribution >= 0.6 is 11.5 Å². The molecule has 90 valence electrons. The molecule has 0 bridgehead atoms. The Morgan fingerprint density at radius 2 is 2.33 bits per heavy atom. The molecule has 2 rings (SSSR count). The zero-order valence-electron chi connectivity index (χ0n) is 9.47. The summed E-state index contributed by atoms with van der Waals surface area (Å²) in [6.45, 7) is 1.65. The molecule has 2 N–H and O–H groups in total. The maximum atomic E-state index is 11.1. The number of hydrogen-bond donors (Lipinski definition) is 2. The van der Waals surface area contributed by atoms with E-state index in [0.717, 1.165) is 11.5 Å². The molecule has 0 unspecified atom stereocenters. The molecule has 0 aliphatic carbocycles. The fraction of sp³-hybridized carbons (Fsp3) is 0.0833. The standard InChI is InChI=1S/C12H9N3O2S/c1-7-10(12(16)17)11(18-15-7)14-9-4-2-3-8(5-9)6-13/h2-5,14H,1H3,(H,16,17). The van der Waals surface area contributed by atoms with E-state index in [1.165, 1.54) is 0 Å². The summed E-state index contributed by atoms with van der Waals surface area (Å²) in [5.74, 6) is -1.01. The monoisotopic (exact) mass is 259 g/mol. The van der Waals surface area contributed by atoms with Gasteiger partial charge < -0.3 is 10.4 Å². The SMILES string of the molecule is Cc1nsc(Nc2cccc(C#N)c2)c1C(=O)O. The minimum atomic E-state index is -1.01. The lowest BCUT2D eigenvalue weighted by atomic mass is 10.2. The summed E-state index contributed by atoms with van der Waals surface area (Å²) in [7, 11) is 0. The maximum absolute atomic E-state index is 11.1. The number of carboxylic acids is 1. The Balaban J connectivity index is 2.35. The maximum Gasteiger partial charge on any atom is 0.340 e. The average molecular weight is 259 g/mol. The smallest absolute Gasteiger partial charge is 0.340 e. The zero-order chi connectivity index (χ0) is 13.1. The quantitative estimate of drug-likeness (QED) is 0.885. The summed E-state index contributed by atoms with van der Waals surface area (Å²) >= 11 is 1.09. The number of rotatable bonds is 3. The second-order valence-electron chi connectivity index (χ2n) is 3.59. The third kappa shape index (κ3) is 2.31. The van der Waals surface area contributed by atoms with Gasteiger partial charge >= 0.3 is 5.97 Å². The Morgan fingerprint density at radius 3 is 3.00 bits per heavy atom. The number of hydrogen-bond acceptors (Lipinski definition) is 5. The minimum absolute atomic E-state index is 0.169. The van der Waals surface area contributed by atoms with Crippen molar-refractivity contribution < 1.29 is 9.90 Å². The van der Waals surface area contributed by atoms with Crippen molar-refractivity contribution in [2.75, 3.05) is 5.32 Å². The summed E-state index contributed by atoms with van der Waals surface area (Å²) in [6.07, 6.45) is 0. The number of nitriles is 1. The predicted octanol–water partition coefficient (Wildman–Crippen LogP) is 2.77. The highest BCUT2D eigenvalue weighted by Crippen LogP contribution is 2.28. The lowest BCUT2D eigenvalue weighted by Gasteiger charge is -2.04. The second kappa shape index (κ2) is 4.85. The van der Waals surface area contributed by atoms with Crippen LogP contribution in [0.25, 0.3) is 0 Å². The molecule has 0 aliphatic heterocycles. The molecule has 6 heteroatoms. The van der Waals surface area contributed by atoms with Gasteiger partial charge in [-0.15, -0.1) is 0 Å². The molecule has 0 saturated heterocycles. The number of anilines is 2. The van der Waals surface area contributed by atoms with E-state index in [1.807, 2.05) is 6.07 Å². The number of aromatic carboxylic acids is 1. The van der Waals surface area contributed by atoms with Gasteiger partial charge in [-0.05, 0) is 36.7 Å². The molecule has 0 spiro atoms. The second-order valence-corrected chi connectivity index (χ2v) is 4.37. The summed E-state index contributed by atoms with van der Waals surface area (Å²) in [6, 6.07) is 8.86. The lowest BCUT2D eigenvalue weighted by Crippen LogP contribution is -2.01. The van der Waals surface area contributed by atoms with Gasteiger partial charge in [-0.25, -0.2) is 4.79 Å². The van der Waals surface area contributed by atoms with Crippen molar-refractivity contribution in [3.63, 3.8) is 0 Å². The van der Waals surface area contributed by atoms with Crippen molar-refractivity contribution >= 4 is 28.2 Å². The van der Waals surface area contributed by atoms with E-state index in [1.54, 1.807) is 31.2 Å². The fourth-order valence-corrected chi connectivity index (χ4v) is 2.31. The number of nitrogens with one attached hydrogen (secondary N) is 1. The average Bonchev–Trinajstić information content (AvgIpc) is 2.70. The Morgan fingerprint density at radius 1 is 1.56 bits per heavy atom. The highest BCUT2D eigenvalue weighted by atomic mass is 32.1. The van der Waals surface area contributed by atoms with Gasteiger partial charge in [0, 0.05) is 5.69 Å². The van der Waals surface area contributed by atoms with E-state index in [4.69, 9.17) is 10.4 Å². The Kier molecular flexibility index (Phi) is 3.26. The summed E-state index contributed by atoms with van der Waals surface area (Å²) in [5.41, 5.74) is 1.83. The van der Waals surface area contributed by atoms with Crippen molar-refractivity contribution in [3.8, 4) is 6.07 Å². The highest BCUT2D eigenvalue weighted by molar-refractivity contribution is 7.10. The molecular formula is C12H9N3O2S. The number of carboxylic acid groups (broad SMARTS) is 1. The van der Waals surface area contributed by atoms with Crippen molar-refractivity contribution in [3.05, 3.63) is 41.1 Å². The van der Waals surface area contributed by atoms with Crippen molar-refractivity contribution in [1.29, 1.82) is 5.26 Å². The number of aryl methyl sites for hydroxylation is 1. The topological polar surface area (TPSA) is 86.0 Å². The van der Waals surface area contributed by atoms with E-state index < -0.39 is 5.97 Å². The van der Waals surface area contributed by atoms with Crippen LogP contribution in [0.15, 0.2) is 24.3 Å². The molecule has 0 atom stereocenters. The first-order chi connectivity index (χ1) is 8.61. The number of aromatic nitrogens is 1. The molecule has 0 aliphatic rings. The normalized spacial score (nSPS) is 9.78. The molecule has 0 radical (unpaired) electrons. The fourth-order valence-electron chi connectivity index (χ4n) is 1.50. The largest absolute Gasteiger partial charge is 0.478 e. The van der Waals surface area contributed by atoms with Crippen LogP contribution in [0.4, 0.5) is 10.7 Å². The molecule has 1 aromatic heterocycles. The van der Waals surface area contributed by atoms with Crippen LogP contribution in [0.2, 0.25) is 0 Å². The molecular weight excluding hydrogens is 250 g/mol. The predicted molar refractivity (Wildman–Crippen MR) is 68.3 cm³/mol. The summed E-state index contributed by atoms with van der Waals surface area (Å²) in [4.78, 5) is 11.1. The van der Waals surface area contributed by atoms with Gasteiger partial charge in [0.1, 0.15) is 10.6 Å². The molecule has 0 saturated carbocycles. The van der Waals surface area contributed by atoms with Crippen molar-refractivity contribution in [1.82, 2.24) is 4.37 Å². The number of nitrogens with zero attached hydrogens (tertiary/aromatic N) is 2. The zero-order valence-corrected chi connectivity index (χ0v) is 10.3.